The minimum absolute atomic E-state index is 0.660. The van der Waals surface area contributed by atoms with Crippen molar-refractivity contribution in [3.8, 4) is 0 Å². The standard InChI is InChI=1S/C13H29N3/c1-6-16(11(2)9-15(4)5)10-13-7-8-14-12(13)3/h11-14H,6-10H2,1-5H3. The van der Waals surface area contributed by atoms with E-state index in [1.54, 1.807) is 0 Å². The Morgan fingerprint density at radius 2 is 2.06 bits per heavy atom. The first-order valence-corrected chi connectivity index (χ1v) is 6.66. The van der Waals surface area contributed by atoms with Crippen molar-refractivity contribution in [2.24, 2.45) is 5.92 Å². The molecule has 3 nitrogen and oxygen atoms in total. The third-order valence-corrected chi connectivity index (χ3v) is 3.82. The van der Waals surface area contributed by atoms with Gasteiger partial charge in [0.15, 0.2) is 0 Å². The lowest BCUT2D eigenvalue weighted by Crippen LogP contribution is -2.44. The average molecular weight is 227 g/mol. The fourth-order valence-corrected chi connectivity index (χ4v) is 2.73. The second kappa shape index (κ2) is 6.58. The van der Waals surface area contributed by atoms with Gasteiger partial charge in [0.2, 0.25) is 0 Å². The van der Waals surface area contributed by atoms with Gasteiger partial charge in [0.05, 0.1) is 0 Å². The predicted molar refractivity (Wildman–Crippen MR) is 70.8 cm³/mol. The predicted octanol–water partition coefficient (Wildman–Crippen LogP) is 1.26. The first-order valence-electron chi connectivity index (χ1n) is 6.66. The third-order valence-electron chi connectivity index (χ3n) is 3.82. The molecule has 3 unspecified atom stereocenters. The van der Waals surface area contributed by atoms with Crippen molar-refractivity contribution in [1.82, 2.24) is 15.1 Å². The summed E-state index contributed by atoms with van der Waals surface area (Å²) in [6.07, 6.45) is 1.34. The van der Waals surface area contributed by atoms with E-state index in [1.165, 1.54) is 19.5 Å². The molecule has 0 aromatic rings. The number of hydrogen-bond acceptors (Lipinski definition) is 3. The molecule has 16 heavy (non-hydrogen) atoms. The molecule has 0 aromatic carbocycles. The van der Waals surface area contributed by atoms with Gasteiger partial charge in [-0.1, -0.05) is 6.92 Å². The lowest BCUT2D eigenvalue weighted by atomic mass is 10.0. The lowest BCUT2D eigenvalue weighted by Gasteiger charge is -2.33. The Hall–Kier alpha value is -0.120. The SMILES string of the molecule is CCN(CC1CCNC1C)C(C)CN(C)C. The molecule has 1 rings (SSSR count). The number of rotatable bonds is 6. The van der Waals surface area contributed by atoms with Gasteiger partial charge in [-0.2, -0.15) is 0 Å². The topological polar surface area (TPSA) is 18.5 Å². The van der Waals surface area contributed by atoms with Crippen molar-refractivity contribution in [3.63, 3.8) is 0 Å². The summed E-state index contributed by atoms with van der Waals surface area (Å²) < 4.78 is 0. The normalized spacial score (nSPS) is 27.9. The van der Waals surface area contributed by atoms with Crippen LogP contribution in [0.15, 0.2) is 0 Å². The minimum Gasteiger partial charge on any atom is -0.314 e. The maximum Gasteiger partial charge on any atom is 0.0194 e. The first kappa shape index (κ1) is 13.9. The largest absolute Gasteiger partial charge is 0.314 e. The zero-order valence-corrected chi connectivity index (χ0v) is 11.7. The second-order valence-corrected chi connectivity index (χ2v) is 5.49. The fraction of sp³-hybridized carbons (Fsp3) is 1.00. The highest BCUT2D eigenvalue weighted by atomic mass is 15.2. The Morgan fingerprint density at radius 1 is 1.38 bits per heavy atom. The van der Waals surface area contributed by atoms with Gasteiger partial charge < -0.3 is 10.2 Å². The van der Waals surface area contributed by atoms with Crippen molar-refractivity contribution < 1.29 is 0 Å². The molecule has 0 aromatic heterocycles. The van der Waals surface area contributed by atoms with Gasteiger partial charge in [0.1, 0.15) is 0 Å². The fourth-order valence-electron chi connectivity index (χ4n) is 2.73. The van der Waals surface area contributed by atoms with Crippen LogP contribution in [0, 0.1) is 5.92 Å². The van der Waals surface area contributed by atoms with Gasteiger partial charge in [-0.15, -0.1) is 0 Å². The Labute approximate surface area is 101 Å². The summed E-state index contributed by atoms with van der Waals surface area (Å²) >= 11 is 0. The van der Waals surface area contributed by atoms with Gasteiger partial charge in [-0.3, -0.25) is 4.90 Å². The van der Waals surface area contributed by atoms with Crippen LogP contribution in [0.3, 0.4) is 0 Å². The molecule has 1 heterocycles. The first-order chi connectivity index (χ1) is 7.54. The number of hydrogen-bond donors (Lipinski definition) is 1. The lowest BCUT2D eigenvalue weighted by molar-refractivity contribution is 0.153. The maximum absolute atomic E-state index is 3.54. The molecule has 0 amide bonds. The van der Waals surface area contributed by atoms with E-state index < -0.39 is 0 Å². The van der Waals surface area contributed by atoms with Crippen molar-refractivity contribution in [1.29, 1.82) is 0 Å². The maximum atomic E-state index is 3.54. The van der Waals surface area contributed by atoms with E-state index in [2.05, 4.69) is 50.0 Å². The molecule has 0 saturated carbocycles. The minimum atomic E-state index is 0.660. The van der Waals surface area contributed by atoms with Crippen LogP contribution >= 0.6 is 0 Å². The van der Waals surface area contributed by atoms with E-state index in [9.17, 15) is 0 Å². The van der Waals surface area contributed by atoms with E-state index in [-0.39, 0.29) is 0 Å². The van der Waals surface area contributed by atoms with Gasteiger partial charge in [-0.05, 0) is 53.4 Å². The van der Waals surface area contributed by atoms with E-state index in [4.69, 9.17) is 0 Å². The van der Waals surface area contributed by atoms with Gasteiger partial charge >= 0.3 is 0 Å². The van der Waals surface area contributed by atoms with E-state index in [0.717, 1.165) is 19.0 Å². The molecule has 1 N–H and O–H groups in total. The molecular formula is C13H29N3. The second-order valence-electron chi connectivity index (χ2n) is 5.49. The summed E-state index contributed by atoms with van der Waals surface area (Å²) in [6.45, 7) is 11.7. The monoisotopic (exact) mass is 227 g/mol. The Morgan fingerprint density at radius 3 is 2.50 bits per heavy atom. The summed E-state index contributed by atoms with van der Waals surface area (Å²) in [5, 5.41) is 3.54. The molecule has 1 saturated heterocycles. The summed E-state index contributed by atoms with van der Waals surface area (Å²) in [5.74, 6) is 0.838. The van der Waals surface area contributed by atoms with Crippen LogP contribution in [0.4, 0.5) is 0 Å². The molecule has 1 fully saturated rings. The van der Waals surface area contributed by atoms with Crippen molar-refractivity contribution in [3.05, 3.63) is 0 Å². The quantitative estimate of drug-likeness (QED) is 0.737. The zero-order valence-electron chi connectivity index (χ0n) is 11.7. The van der Waals surface area contributed by atoms with E-state index in [1.807, 2.05) is 0 Å². The highest BCUT2D eigenvalue weighted by Crippen LogP contribution is 2.17. The smallest absolute Gasteiger partial charge is 0.0194 e. The summed E-state index contributed by atoms with van der Waals surface area (Å²) in [5.41, 5.74) is 0. The zero-order chi connectivity index (χ0) is 12.1. The molecule has 96 valence electrons. The Kier molecular flexibility index (Phi) is 5.73. The number of likely N-dealkylation sites (N-methyl/N-ethyl adjacent to an activating group) is 2. The van der Waals surface area contributed by atoms with Crippen LogP contribution in [-0.4, -0.2) is 62.2 Å². The number of nitrogens with one attached hydrogen (secondary N) is 1. The molecule has 0 aliphatic carbocycles. The third kappa shape index (κ3) is 4.04. The molecule has 1 aliphatic rings. The molecule has 1 aliphatic heterocycles. The highest BCUT2D eigenvalue weighted by Gasteiger charge is 2.26. The van der Waals surface area contributed by atoms with Crippen LogP contribution in [0.1, 0.15) is 27.2 Å². The molecule has 0 radical (unpaired) electrons. The molecule has 0 spiro atoms. The van der Waals surface area contributed by atoms with Crippen LogP contribution in [0.2, 0.25) is 0 Å². The Bertz CT molecular complexity index is 194. The molecular weight excluding hydrogens is 198 g/mol. The Balaban J connectivity index is 2.41. The van der Waals surface area contributed by atoms with Crippen LogP contribution in [0.5, 0.6) is 0 Å². The van der Waals surface area contributed by atoms with Gasteiger partial charge in [0.25, 0.3) is 0 Å². The molecule has 3 heteroatoms. The van der Waals surface area contributed by atoms with Crippen molar-refractivity contribution in [2.45, 2.75) is 39.3 Å². The van der Waals surface area contributed by atoms with Gasteiger partial charge in [-0.25, -0.2) is 0 Å². The highest BCUT2D eigenvalue weighted by molar-refractivity contribution is 4.83. The van der Waals surface area contributed by atoms with Crippen LogP contribution < -0.4 is 5.32 Å². The summed E-state index contributed by atoms with van der Waals surface area (Å²) in [7, 11) is 4.31. The summed E-state index contributed by atoms with van der Waals surface area (Å²) in [4.78, 5) is 4.90. The van der Waals surface area contributed by atoms with Gasteiger partial charge in [0, 0.05) is 25.2 Å². The molecule has 3 atom stereocenters. The average Bonchev–Trinajstić information content (AvgIpc) is 2.59. The van der Waals surface area contributed by atoms with Crippen LogP contribution in [-0.2, 0) is 0 Å². The van der Waals surface area contributed by atoms with E-state index in [0.29, 0.717) is 12.1 Å². The van der Waals surface area contributed by atoms with Crippen molar-refractivity contribution >= 4 is 0 Å². The molecule has 0 bridgehead atoms. The number of nitrogens with zero attached hydrogens (tertiary/aromatic N) is 2. The van der Waals surface area contributed by atoms with Crippen LogP contribution in [0.25, 0.3) is 0 Å². The summed E-state index contributed by atoms with van der Waals surface area (Å²) in [6, 6.07) is 1.36. The van der Waals surface area contributed by atoms with Crippen molar-refractivity contribution in [2.75, 3.05) is 40.3 Å². The van der Waals surface area contributed by atoms with E-state index >= 15 is 0 Å².